The number of benzene rings is 1. The third-order valence-electron chi connectivity index (χ3n) is 4.09. The first-order valence-corrected chi connectivity index (χ1v) is 7.84. The molecule has 0 saturated carbocycles. The number of aryl methyl sites for hydroxylation is 1. The normalized spacial score (nSPS) is 18.8. The number of hydrogen-bond acceptors (Lipinski definition) is 0. The van der Waals surface area contributed by atoms with Gasteiger partial charge < -0.3 is 0 Å². The Balaban J connectivity index is 2.23. The molecule has 1 unspecified atom stereocenters. The molecule has 0 saturated heterocycles. The molecule has 1 aliphatic rings. The fraction of sp³-hybridized carbons (Fsp3) is 0.444. The molecule has 20 heavy (non-hydrogen) atoms. The smallest absolute Gasteiger partial charge is 0.145 e. The van der Waals surface area contributed by atoms with Gasteiger partial charge in [-0.3, -0.25) is 0 Å². The van der Waals surface area contributed by atoms with E-state index in [-0.39, 0.29) is 5.82 Å². The first-order valence-electron chi connectivity index (χ1n) is 7.46. The van der Waals surface area contributed by atoms with Crippen LogP contribution >= 0.6 is 11.6 Å². The molecule has 0 fully saturated rings. The molecule has 108 valence electrons. The van der Waals surface area contributed by atoms with E-state index in [1.165, 1.54) is 5.57 Å². The van der Waals surface area contributed by atoms with E-state index in [4.69, 9.17) is 11.6 Å². The number of allylic oxidation sites excluding steroid dienone is 3. The summed E-state index contributed by atoms with van der Waals surface area (Å²) >= 11 is 6.24. The minimum Gasteiger partial charge on any atom is -0.205 e. The van der Waals surface area contributed by atoms with Gasteiger partial charge in [0.05, 0.1) is 5.02 Å². The second kappa shape index (κ2) is 7.08. The third kappa shape index (κ3) is 3.32. The molecule has 0 bridgehead atoms. The molecular formula is C18H22ClF. The molecule has 1 aromatic carbocycles. The predicted molar refractivity (Wildman–Crippen MR) is 85.5 cm³/mol. The fourth-order valence-electron chi connectivity index (χ4n) is 2.71. The van der Waals surface area contributed by atoms with Crippen LogP contribution in [0.5, 0.6) is 0 Å². The van der Waals surface area contributed by atoms with Crippen molar-refractivity contribution < 1.29 is 4.39 Å². The summed E-state index contributed by atoms with van der Waals surface area (Å²) in [4.78, 5) is 0. The summed E-state index contributed by atoms with van der Waals surface area (Å²) in [5.74, 6) is 0.315. The zero-order chi connectivity index (χ0) is 14.5. The molecule has 2 rings (SSSR count). The van der Waals surface area contributed by atoms with Gasteiger partial charge in [0.15, 0.2) is 0 Å². The van der Waals surface area contributed by atoms with E-state index in [2.05, 4.69) is 19.6 Å². The Morgan fingerprint density at radius 2 is 2.25 bits per heavy atom. The van der Waals surface area contributed by atoms with Crippen molar-refractivity contribution in [2.45, 2.75) is 45.4 Å². The first-order chi connectivity index (χ1) is 9.67. The fourth-order valence-corrected chi connectivity index (χ4v) is 3.02. The molecule has 1 aliphatic carbocycles. The lowest BCUT2D eigenvalue weighted by molar-refractivity contribution is 0.590. The van der Waals surface area contributed by atoms with Crippen LogP contribution in [0.4, 0.5) is 4.39 Å². The Bertz CT molecular complexity index is 516. The van der Waals surface area contributed by atoms with Crippen LogP contribution in [0.25, 0.3) is 5.57 Å². The minimum atomic E-state index is -0.232. The molecular weight excluding hydrogens is 271 g/mol. The van der Waals surface area contributed by atoms with Gasteiger partial charge in [0.25, 0.3) is 0 Å². The van der Waals surface area contributed by atoms with E-state index < -0.39 is 0 Å². The molecule has 1 atom stereocenters. The molecule has 0 spiro atoms. The van der Waals surface area contributed by atoms with Gasteiger partial charge in [-0.15, -0.1) is 6.58 Å². The zero-order valence-corrected chi connectivity index (χ0v) is 12.8. The average Bonchev–Trinajstić information content (AvgIpc) is 2.49. The number of rotatable bonds is 5. The second-order valence-electron chi connectivity index (χ2n) is 5.50. The molecule has 0 aromatic heterocycles. The van der Waals surface area contributed by atoms with Crippen LogP contribution in [0.1, 0.15) is 50.2 Å². The maximum atomic E-state index is 14.3. The molecule has 2 heteroatoms. The Morgan fingerprint density at radius 3 is 2.85 bits per heavy atom. The van der Waals surface area contributed by atoms with Gasteiger partial charge in [0, 0.05) is 0 Å². The van der Waals surface area contributed by atoms with Gasteiger partial charge in [-0.1, -0.05) is 49.2 Å². The lowest BCUT2D eigenvalue weighted by Crippen LogP contribution is -2.03. The summed E-state index contributed by atoms with van der Waals surface area (Å²) in [6.07, 6.45) is 10.0. The number of halogens is 2. The lowest BCUT2D eigenvalue weighted by Gasteiger charge is -2.20. The van der Waals surface area contributed by atoms with E-state index in [1.54, 1.807) is 0 Å². The molecule has 0 amide bonds. The van der Waals surface area contributed by atoms with E-state index in [0.29, 0.717) is 10.9 Å². The molecule has 0 nitrogen and oxygen atoms in total. The van der Waals surface area contributed by atoms with E-state index in [9.17, 15) is 4.39 Å². The Labute approximate surface area is 126 Å². The largest absolute Gasteiger partial charge is 0.205 e. The topological polar surface area (TPSA) is 0 Å². The molecule has 0 radical (unpaired) electrons. The standard InChI is InChI=1S/C18H22ClF/c1-3-5-6-15-11-12-16(17(19)18(15)20)14-9-7-13(4-2)8-10-14/h4,9,11-13H,2-3,5-8,10H2,1H3. The van der Waals surface area contributed by atoms with Crippen LogP contribution in [0.3, 0.4) is 0 Å². The Morgan fingerprint density at radius 1 is 1.45 bits per heavy atom. The summed E-state index contributed by atoms with van der Waals surface area (Å²) in [6.45, 7) is 5.95. The van der Waals surface area contributed by atoms with Gasteiger partial charge in [0.2, 0.25) is 0 Å². The van der Waals surface area contributed by atoms with Gasteiger partial charge >= 0.3 is 0 Å². The average molecular weight is 293 g/mol. The highest BCUT2D eigenvalue weighted by Crippen LogP contribution is 2.36. The summed E-state index contributed by atoms with van der Waals surface area (Å²) in [5, 5.41) is 0.293. The molecule has 0 aliphatic heterocycles. The van der Waals surface area contributed by atoms with Gasteiger partial charge in [-0.05, 0) is 54.7 Å². The van der Waals surface area contributed by atoms with E-state index >= 15 is 0 Å². The maximum absolute atomic E-state index is 14.3. The first kappa shape index (κ1) is 15.3. The maximum Gasteiger partial charge on any atom is 0.145 e. The highest BCUT2D eigenvalue weighted by Gasteiger charge is 2.18. The van der Waals surface area contributed by atoms with Crippen molar-refractivity contribution in [2.75, 3.05) is 0 Å². The minimum absolute atomic E-state index is 0.232. The number of unbranched alkanes of at least 4 members (excludes halogenated alkanes) is 1. The van der Waals surface area contributed by atoms with E-state index in [1.807, 2.05) is 18.2 Å². The summed E-state index contributed by atoms with van der Waals surface area (Å²) < 4.78 is 14.3. The van der Waals surface area contributed by atoms with Crippen molar-refractivity contribution in [1.82, 2.24) is 0 Å². The molecule has 1 aromatic rings. The summed E-state index contributed by atoms with van der Waals surface area (Å²) in [5.41, 5.74) is 2.78. The van der Waals surface area contributed by atoms with Crippen molar-refractivity contribution >= 4 is 17.2 Å². The Hall–Kier alpha value is -1.08. The molecule has 0 heterocycles. The highest BCUT2D eigenvalue weighted by atomic mass is 35.5. The van der Waals surface area contributed by atoms with Crippen molar-refractivity contribution in [3.63, 3.8) is 0 Å². The van der Waals surface area contributed by atoms with Gasteiger partial charge in [-0.2, -0.15) is 0 Å². The second-order valence-corrected chi connectivity index (χ2v) is 5.88. The SMILES string of the molecule is C=CC1CC=C(c2ccc(CCCC)c(F)c2Cl)CC1. The lowest BCUT2D eigenvalue weighted by atomic mass is 9.86. The van der Waals surface area contributed by atoms with Gasteiger partial charge in [0.1, 0.15) is 5.82 Å². The van der Waals surface area contributed by atoms with Crippen LogP contribution in [-0.2, 0) is 6.42 Å². The Kier molecular flexibility index (Phi) is 5.42. The predicted octanol–water partition coefficient (Wildman–Crippen LogP) is 6.19. The van der Waals surface area contributed by atoms with Crippen molar-refractivity contribution in [3.8, 4) is 0 Å². The van der Waals surface area contributed by atoms with Crippen LogP contribution in [0.2, 0.25) is 5.02 Å². The van der Waals surface area contributed by atoms with Crippen molar-refractivity contribution in [2.24, 2.45) is 5.92 Å². The quantitative estimate of drug-likeness (QED) is 0.567. The monoisotopic (exact) mass is 292 g/mol. The van der Waals surface area contributed by atoms with Crippen molar-refractivity contribution in [3.05, 3.63) is 52.8 Å². The van der Waals surface area contributed by atoms with E-state index in [0.717, 1.165) is 49.7 Å². The highest BCUT2D eigenvalue weighted by molar-refractivity contribution is 6.32. The van der Waals surface area contributed by atoms with Crippen LogP contribution in [0.15, 0.2) is 30.9 Å². The summed E-state index contributed by atoms with van der Waals surface area (Å²) in [7, 11) is 0. The van der Waals surface area contributed by atoms with Crippen LogP contribution in [0, 0.1) is 11.7 Å². The summed E-state index contributed by atoms with van der Waals surface area (Å²) in [6, 6.07) is 3.88. The van der Waals surface area contributed by atoms with Crippen LogP contribution < -0.4 is 0 Å². The van der Waals surface area contributed by atoms with Crippen LogP contribution in [-0.4, -0.2) is 0 Å². The van der Waals surface area contributed by atoms with Crippen molar-refractivity contribution in [1.29, 1.82) is 0 Å². The molecule has 0 N–H and O–H groups in total. The zero-order valence-electron chi connectivity index (χ0n) is 12.1. The van der Waals surface area contributed by atoms with Gasteiger partial charge in [-0.25, -0.2) is 4.39 Å². The third-order valence-corrected chi connectivity index (χ3v) is 4.46. The number of hydrogen-bond donors (Lipinski definition) is 0.